The molecule has 2 amide bonds. The molecule has 114 valence electrons. The zero-order chi connectivity index (χ0) is 14.7. The summed E-state index contributed by atoms with van der Waals surface area (Å²) in [5.74, 6) is 1.17. The molecular formula is C15H21N3O3. The van der Waals surface area contributed by atoms with Crippen LogP contribution in [0.25, 0.3) is 0 Å². The van der Waals surface area contributed by atoms with Crippen LogP contribution in [-0.2, 0) is 4.79 Å². The molecule has 1 aliphatic carbocycles. The minimum absolute atomic E-state index is 0.0982. The van der Waals surface area contributed by atoms with E-state index < -0.39 is 0 Å². The van der Waals surface area contributed by atoms with Gasteiger partial charge in [-0.2, -0.15) is 0 Å². The van der Waals surface area contributed by atoms with Gasteiger partial charge in [-0.15, -0.1) is 0 Å². The first kappa shape index (κ1) is 14.1. The molecule has 2 aliphatic rings. The third-order valence-electron chi connectivity index (χ3n) is 4.06. The van der Waals surface area contributed by atoms with Crippen molar-refractivity contribution in [3.8, 4) is 0 Å². The zero-order valence-corrected chi connectivity index (χ0v) is 12.1. The predicted octanol–water partition coefficient (Wildman–Crippen LogP) is 0.564. The summed E-state index contributed by atoms with van der Waals surface area (Å²) >= 11 is 0. The van der Waals surface area contributed by atoms with Crippen molar-refractivity contribution in [1.82, 2.24) is 15.1 Å². The topological polar surface area (TPSA) is 65.8 Å². The lowest BCUT2D eigenvalue weighted by Gasteiger charge is -2.34. The Morgan fingerprint density at radius 3 is 2.52 bits per heavy atom. The molecule has 1 aromatic rings. The number of hydrogen-bond donors (Lipinski definition) is 1. The lowest BCUT2D eigenvalue weighted by Crippen LogP contribution is -2.52. The maximum absolute atomic E-state index is 12.1. The van der Waals surface area contributed by atoms with E-state index in [9.17, 15) is 9.59 Å². The summed E-state index contributed by atoms with van der Waals surface area (Å²) in [4.78, 5) is 27.7. The maximum Gasteiger partial charge on any atom is 0.289 e. The van der Waals surface area contributed by atoms with E-state index in [0.29, 0.717) is 38.5 Å². The number of nitrogens with one attached hydrogen (secondary N) is 1. The van der Waals surface area contributed by atoms with E-state index in [1.807, 2.05) is 4.90 Å². The Morgan fingerprint density at radius 1 is 1.19 bits per heavy atom. The Kier molecular flexibility index (Phi) is 4.24. The van der Waals surface area contributed by atoms with Gasteiger partial charge in [-0.25, -0.2) is 0 Å². The van der Waals surface area contributed by atoms with Crippen molar-refractivity contribution in [2.75, 3.05) is 39.3 Å². The normalized spacial score (nSPS) is 18.9. The van der Waals surface area contributed by atoms with Crippen LogP contribution in [0.2, 0.25) is 0 Å². The van der Waals surface area contributed by atoms with Gasteiger partial charge in [0.05, 0.1) is 12.8 Å². The lowest BCUT2D eigenvalue weighted by molar-refractivity contribution is -0.131. The first-order valence-electron chi connectivity index (χ1n) is 7.55. The van der Waals surface area contributed by atoms with Crippen molar-refractivity contribution in [3.05, 3.63) is 24.2 Å². The van der Waals surface area contributed by atoms with Gasteiger partial charge in [-0.1, -0.05) is 0 Å². The minimum Gasteiger partial charge on any atom is -0.459 e. The highest BCUT2D eigenvalue weighted by Crippen LogP contribution is 2.27. The second-order valence-corrected chi connectivity index (χ2v) is 5.72. The highest BCUT2D eigenvalue weighted by molar-refractivity contribution is 5.91. The Balaban J connectivity index is 1.41. The van der Waals surface area contributed by atoms with Crippen molar-refractivity contribution in [2.24, 2.45) is 5.92 Å². The Labute approximate surface area is 124 Å². The number of furan rings is 1. The fourth-order valence-corrected chi connectivity index (χ4v) is 2.53. The van der Waals surface area contributed by atoms with Crippen LogP contribution < -0.4 is 5.32 Å². The quantitative estimate of drug-likeness (QED) is 0.861. The number of carbonyl (C=O) groups excluding carboxylic acids is 2. The number of nitrogens with zero attached hydrogens (tertiary/aromatic N) is 2. The van der Waals surface area contributed by atoms with E-state index in [1.54, 1.807) is 17.0 Å². The van der Waals surface area contributed by atoms with Crippen LogP contribution in [-0.4, -0.2) is 60.9 Å². The Hall–Kier alpha value is -1.82. The molecule has 0 radical (unpaired) electrons. The molecule has 1 saturated heterocycles. The number of piperazine rings is 1. The molecule has 6 heteroatoms. The number of hydrogen-bond acceptors (Lipinski definition) is 4. The number of rotatable bonds is 5. The van der Waals surface area contributed by atoms with Crippen LogP contribution >= 0.6 is 0 Å². The van der Waals surface area contributed by atoms with Crippen LogP contribution in [0.15, 0.2) is 22.8 Å². The van der Waals surface area contributed by atoms with Crippen LogP contribution in [0.5, 0.6) is 0 Å². The maximum atomic E-state index is 12.1. The Bertz CT molecular complexity index is 488. The third-order valence-corrected chi connectivity index (χ3v) is 4.06. The zero-order valence-electron chi connectivity index (χ0n) is 12.1. The molecule has 0 bridgehead atoms. The molecule has 6 nitrogen and oxygen atoms in total. The van der Waals surface area contributed by atoms with E-state index in [-0.39, 0.29) is 11.8 Å². The molecule has 1 saturated carbocycles. The molecule has 1 N–H and O–H groups in total. The van der Waals surface area contributed by atoms with Crippen molar-refractivity contribution < 1.29 is 14.0 Å². The van der Waals surface area contributed by atoms with Crippen molar-refractivity contribution in [2.45, 2.75) is 12.8 Å². The van der Waals surface area contributed by atoms with Crippen LogP contribution in [0.4, 0.5) is 0 Å². The average Bonchev–Trinajstić information content (AvgIpc) is 3.17. The summed E-state index contributed by atoms with van der Waals surface area (Å²) in [6, 6.07) is 3.38. The van der Waals surface area contributed by atoms with Crippen LogP contribution in [0.3, 0.4) is 0 Å². The van der Waals surface area contributed by atoms with Gasteiger partial charge in [0.1, 0.15) is 0 Å². The van der Waals surface area contributed by atoms with E-state index in [2.05, 4.69) is 5.32 Å². The molecule has 2 heterocycles. The summed E-state index contributed by atoms with van der Waals surface area (Å²) in [7, 11) is 0. The van der Waals surface area contributed by atoms with Crippen molar-refractivity contribution in [3.63, 3.8) is 0 Å². The highest BCUT2D eigenvalue weighted by Gasteiger charge is 2.26. The largest absolute Gasteiger partial charge is 0.459 e. The van der Waals surface area contributed by atoms with Gasteiger partial charge < -0.3 is 19.5 Å². The minimum atomic E-state index is -0.0982. The smallest absolute Gasteiger partial charge is 0.289 e. The molecule has 2 fully saturated rings. The highest BCUT2D eigenvalue weighted by atomic mass is 16.3. The molecule has 0 unspecified atom stereocenters. The number of amides is 2. The van der Waals surface area contributed by atoms with Crippen molar-refractivity contribution >= 4 is 11.8 Å². The van der Waals surface area contributed by atoms with Crippen molar-refractivity contribution in [1.29, 1.82) is 0 Å². The van der Waals surface area contributed by atoms with Crippen LogP contribution in [0, 0.1) is 5.92 Å². The summed E-state index contributed by atoms with van der Waals surface area (Å²) in [5.41, 5.74) is 0. The number of carbonyl (C=O) groups is 2. The molecule has 3 rings (SSSR count). The van der Waals surface area contributed by atoms with Gasteiger partial charge in [0.25, 0.3) is 5.91 Å². The molecule has 1 aliphatic heterocycles. The molecule has 0 spiro atoms. The molecular weight excluding hydrogens is 270 g/mol. The molecule has 1 aromatic heterocycles. The monoisotopic (exact) mass is 291 g/mol. The second kappa shape index (κ2) is 6.30. The first-order chi connectivity index (χ1) is 10.2. The summed E-state index contributed by atoms with van der Waals surface area (Å²) in [5, 5.41) is 3.21. The van der Waals surface area contributed by atoms with Gasteiger partial charge >= 0.3 is 0 Å². The summed E-state index contributed by atoms with van der Waals surface area (Å²) < 4.78 is 5.12. The first-order valence-corrected chi connectivity index (χ1v) is 7.55. The van der Waals surface area contributed by atoms with E-state index in [0.717, 1.165) is 12.5 Å². The van der Waals surface area contributed by atoms with Gasteiger partial charge in [-0.05, 0) is 37.4 Å². The van der Waals surface area contributed by atoms with E-state index in [4.69, 9.17) is 4.42 Å². The third kappa shape index (κ3) is 3.64. The van der Waals surface area contributed by atoms with Gasteiger partial charge in [0, 0.05) is 26.2 Å². The lowest BCUT2D eigenvalue weighted by atomic mass is 10.2. The van der Waals surface area contributed by atoms with E-state index in [1.165, 1.54) is 19.1 Å². The molecule has 21 heavy (non-hydrogen) atoms. The standard InChI is InChI=1S/C15H21N3O3/c19-14(11-16-10-12-3-4-12)17-5-7-18(8-6-17)15(20)13-2-1-9-21-13/h1-2,9,12,16H,3-8,10-11H2. The molecule has 0 atom stereocenters. The molecule has 0 aromatic carbocycles. The van der Waals surface area contributed by atoms with Gasteiger partial charge in [-0.3, -0.25) is 9.59 Å². The second-order valence-electron chi connectivity index (χ2n) is 5.72. The summed E-state index contributed by atoms with van der Waals surface area (Å²) in [6.45, 7) is 3.67. The predicted molar refractivity (Wildman–Crippen MR) is 76.8 cm³/mol. The van der Waals surface area contributed by atoms with Gasteiger partial charge in [0.15, 0.2) is 5.76 Å². The SMILES string of the molecule is O=C(CNCC1CC1)N1CCN(C(=O)c2ccco2)CC1. The average molecular weight is 291 g/mol. The Morgan fingerprint density at radius 2 is 1.90 bits per heavy atom. The van der Waals surface area contributed by atoms with Gasteiger partial charge in [0.2, 0.25) is 5.91 Å². The fraction of sp³-hybridized carbons (Fsp3) is 0.600. The van der Waals surface area contributed by atoms with E-state index >= 15 is 0 Å². The fourth-order valence-electron chi connectivity index (χ4n) is 2.53. The van der Waals surface area contributed by atoms with Crippen LogP contribution in [0.1, 0.15) is 23.4 Å². The summed E-state index contributed by atoms with van der Waals surface area (Å²) in [6.07, 6.45) is 4.07.